The molecule has 19 N–H and O–H groups in total. The maximum Gasteiger partial charge on any atom is 0.334 e. The van der Waals surface area contributed by atoms with Crippen LogP contribution in [0.2, 0.25) is 0 Å². The maximum atomic E-state index is 14.6. The number of fused-ring (bicyclic) bond motifs is 4. The van der Waals surface area contributed by atoms with Crippen molar-refractivity contribution in [2.24, 2.45) is 17.3 Å². The van der Waals surface area contributed by atoms with Gasteiger partial charge in [-0.2, -0.15) is 0 Å². The number of hydrogen-bond acceptors (Lipinski definition) is 35. The molecule has 0 aromatic carbocycles. The number of unbranched alkanes of at least 4 members (excludes halogenated alkanes) is 3. The minimum Gasteiger partial charge on any atom is -0.458 e. The van der Waals surface area contributed by atoms with Gasteiger partial charge in [-0.05, 0) is 94.5 Å². The zero-order chi connectivity index (χ0) is 87.4. The molecule has 3 aliphatic carbocycles. The lowest BCUT2D eigenvalue weighted by Gasteiger charge is -2.53. The average Bonchev–Trinajstić information content (AvgIpc) is 1.41. The van der Waals surface area contributed by atoms with E-state index < -0.39 is 200 Å². The molecule has 0 unspecified atom stereocenters. The van der Waals surface area contributed by atoms with Gasteiger partial charge in [0.05, 0.1) is 72.0 Å². The Morgan fingerprint density at radius 1 is 0.463 bits per heavy atom. The molecule has 42 heteroatoms. The summed E-state index contributed by atoms with van der Waals surface area (Å²) in [7, 11) is 0. The summed E-state index contributed by atoms with van der Waals surface area (Å²) in [5, 5.41) is 139. The highest BCUT2D eigenvalue weighted by Crippen LogP contribution is 2.83. The van der Waals surface area contributed by atoms with E-state index in [0.29, 0.717) is 82.6 Å². The Morgan fingerprint density at radius 3 is 1.25 bits per heavy atom. The van der Waals surface area contributed by atoms with Gasteiger partial charge in [-0.15, -0.1) is 0 Å². The lowest BCUT2D eigenvalue weighted by molar-refractivity contribution is -0.301. The molecule has 7 aliphatic heterocycles. The number of carbonyl (C=O) groups excluding carboxylic acids is 9. The Kier molecular flexibility index (Phi) is 36.1. The molecule has 0 aromatic heterocycles. The first-order valence-corrected chi connectivity index (χ1v) is 42.5. The van der Waals surface area contributed by atoms with Gasteiger partial charge >= 0.3 is 11.9 Å². The second kappa shape index (κ2) is 44.9. The van der Waals surface area contributed by atoms with E-state index in [1.807, 2.05) is 13.8 Å². The van der Waals surface area contributed by atoms with Crippen molar-refractivity contribution in [2.75, 3.05) is 125 Å². The minimum atomic E-state index is -1.64. The Hall–Kier alpha value is -5.99. The van der Waals surface area contributed by atoms with Gasteiger partial charge in [-0.3, -0.25) is 38.4 Å². The summed E-state index contributed by atoms with van der Waals surface area (Å²) >= 11 is 0. The van der Waals surface area contributed by atoms with E-state index in [4.69, 9.17) is 66.3 Å². The van der Waals surface area contributed by atoms with E-state index in [9.17, 15) is 104 Å². The number of epoxide rings is 3. The minimum absolute atomic E-state index is 0.0445. The fraction of sp³-hybridized carbons (Fsp3) is 0.861. The predicted molar refractivity (Wildman–Crippen MR) is 410 cm³/mol. The number of carbonyl (C=O) groups is 9. The van der Waals surface area contributed by atoms with Gasteiger partial charge < -0.3 is 165 Å². The number of aliphatic hydroxyl groups is 12. The van der Waals surface area contributed by atoms with Gasteiger partial charge in [-0.1, -0.05) is 20.8 Å². The number of amides is 7. The number of hydrogen-bond donors (Lipinski definition) is 19. The summed E-state index contributed by atoms with van der Waals surface area (Å²) in [6, 6.07) is 0. The van der Waals surface area contributed by atoms with Crippen LogP contribution < -0.4 is 37.2 Å². The highest BCUT2D eigenvalue weighted by molar-refractivity contribution is 5.92. The average molecular weight is 1730 g/mol. The van der Waals surface area contributed by atoms with Gasteiger partial charge in [0.2, 0.25) is 41.4 Å². The standard InChI is InChI=1S/C79H127N7O35/c1-43(2)77-68(120-77)69-79(121-69)75(3)22-18-44-45(39-114-70(44)107)46(75)35-50-78(79,119-50)74(77)118-58(97)17-16-57(96)86-76(40-108-32-19-54(93)83-26-10-23-80-51(90)13-4-7-29-111-71-65(104)62(101)59(98)47(36-87)115-71,41-109-33-20-55(94)84-27-11-24-81-52(91)14-5-8-30-112-72-66(105)63(102)60(99)48(37-88)116-72)42-110-34-21-56(95)85-28-12-25-82-53(92)15-6-9-31-113-73-67(106)64(103)61(100)49(38-89)117-73/h43,46-50,59-69,71-74,87-89,98-106H,4-42H2,1-3H3,(H,80,90)(H,81,91)(H,82,92)(H,83,93)(H,84,94)(H,85,95)(H,86,96)/t46-,47+,48+,49+,50-,59+,60+,61+,62-,63-,64-,65+,66+,67+,68-,69-,71+,72+,73+,74+,75-,77-,78+,79+/m0/s1. The van der Waals surface area contributed by atoms with Crippen LogP contribution >= 0.6 is 0 Å². The first-order chi connectivity index (χ1) is 58.0. The smallest absolute Gasteiger partial charge is 0.334 e. The second-order valence-electron chi connectivity index (χ2n) is 33.3. The molecular weight excluding hydrogens is 1610 g/mol. The summed E-state index contributed by atoms with van der Waals surface area (Å²) in [5.74, 6) is -4.07. The van der Waals surface area contributed by atoms with Crippen LogP contribution in [0, 0.1) is 17.3 Å². The first-order valence-electron chi connectivity index (χ1n) is 42.5. The van der Waals surface area contributed by atoms with E-state index in [0.717, 1.165) is 5.57 Å². The Balaban J connectivity index is 0.717. The number of rotatable bonds is 54. The predicted octanol–water partition coefficient (Wildman–Crippen LogP) is -6.66. The topological polar surface area (TPSA) is 620 Å². The van der Waals surface area contributed by atoms with Crippen molar-refractivity contribution in [3.8, 4) is 0 Å². The molecule has 2 saturated carbocycles. The summed E-state index contributed by atoms with van der Waals surface area (Å²) in [6.45, 7) is 3.97. The van der Waals surface area contributed by atoms with E-state index in [1.54, 1.807) is 0 Å². The van der Waals surface area contributed by atoms with Crippen molar-refractivity contribution in [3.05, 3.63) is 11.1 Å². The molecule has 6 saturated heterocycles. The summed E-state index contributed by atoms with van der Waals surface area (Å²) < 4.78 is 83.4. The Labute approximate surface area is 700 Å². The molecule has 0 radical (unpaired) electrons. The van der Waals surface area contributed by atoms with E-state index in [-0.39, 0.29) is 185 Å². The van der Waals surface area contributed by atoms with Crippen molar-refractivity contribution in [1.82, 2.24) is 37.2 Å². The lowest BCUT2D eigenvalue weighted by Crippen LogP contribution is -2.70. The third-order valence-corrected chi connectivity index (χ3v) is 24.6. The van der Waals surface area contributed by atoms with Crippen LogP contribution in [0.15, 0.2) is 11.1 Å². The molecule has 0 aromatic rings. The largest absolute Gasteiger partial charge is 0.458 e. The van der Waals surface area contributed by atoms with Crippen LogP contribution in [-0.4, -0.2) is 379 Å². The van der Waals surface area contributed by atoms with E-state index in [2.05, 4.69) is 44.1 Å². The number of ether oxygens (including phenoxy) is 14. The molecule has 2 spiro atoms. The lowest BCUT2D eigenvalue weighted by atomic mass is 9.46. The molecule has 7 amide bonds. The first kappa shape index (κ1) is 97.2. The van der Waals surface area contributed by atoms with Gasteiger partial charge in [0, 0.05) is 115 Å². The molecule has 8 fully saturated rings. The molecule has 688 valence electrons. The summed E-state index contributed by atoms with van der Waals surface area (Å²) in [5.41, 5.74) is -3.46. The van der Waals surface area contributed by atoms with Crippen LogP contribution in [0.4, 0.5) is 0 Å². The molecule has 24 atom stereocenters. The zero-order valence-corrected chi connectivity index (χ0v) is 69.0. The number of aliphatic hydroxyl groups excluding tert-OH is 12. The van der Waals surface area contributed by atoms with Crippen molar-refractivity contribution in [2.45, 2.75) is 288 Å². The highest BCUT2D eigenvalue weighted by atomic mass is 16.8. The third kappa shape index (κ3) is 23.6. The van der Waals surface area contributed by atoms with Crippen LogP contribution in [0.25, 0.3) is 0 Å². The molecule has 10 aliphatic rings. The molecule has 7 heterocycles. The Bertz CT molecular complexity index is 3260. The monoisotopic (exact) mass is 1730 g/mol. The highest BCUT2D eigenvalue weighted by Gasteiger charge is 3.01. The number of esters is 2. The van der Waals surface area contributed by atoms with Gasteiger partial charge in [0.25, 0.3) is 0 Å². The van der Waals surface area contributed by atoms with Gasteiger partial charge in [-0.25, -0.2) is 4.79 Å². The van der Waals surface area contributed by atoms with Crippen LogP contribution in [0.1, 0.15) is 149 Å². The third-order valence-electron chi connectivity index (χ3n) is 24.6. The van der Waals surface area contributed by atoms with Crippen molar-refractivity contribution in [1.29, 1.82) is 0 Å². The van der Waals surface area contributed by atoms with Gasteiger partial charge in [0.1, 0.15) is 109 Å². The fourth-order valence-corrected chi connectivity index (χ4v) is 17.7. The van der Waals surface area contributed by atoms with Crippen molar-refractivity contribution in [3.63, 3.8) is 0 Å². The number of nitrogens with one attached hydrogen (secondary N) is 7. The normalized spacial score (nSPS) is 34.1. The summed E-state index contributed by atoms with van der Waals surface area (Å²) in [6.07, 6.45) is -19.5. The quantitative estimate of drug-likeness (QED) is 0.0153. The van der Waals surface area contributed by atoms with E-state index >= 15 is 0 Å². The zero-order valence-electron chi connectivity index (χ0n) is 69.0. The second-order valence-corrected chi connectivity index (χ2v) is 33.3. The van der Waals surface area contributed by atoms with Crippen molar-refractivity contribution >= 4 is 53.3 Å². The Morgan fingerprint density at radius 2 is 0.860 bits per heavy atom. The van der Waals surface area contributed by atoms with Crippen LogP contribution in [0.3, 0.4) is 0 Å². The SMILES string of the molecule is CC(C)[C@]12O[C@H]1[C@@H]1O[C@]13[C@]1(O[C@H]1C[C@H]1C4=C(CC[C@@]13C)C(=O)OC4)[C@@H]2OC(=O)CCC(=O)NC(COCCC(=O)NCCCNC(=O)CCCCO[C@@H]1O[C@H](CO)[C@@H](O)[C@H](O)[C@H]1O)(COCCC(=O)NCCCNC(=O)CCCCO[C@@H]1O[C@H](CO)[C@@H](O)[C@H](O)[C@H]1O)COCCC(=O)NCCCNC(=O)CCCCO[C@@H]1O[C@H](CO)[C@@H](O)[C@H](O)[C@H]1O. The fourth-order valence-electron chi connectivity index (χ4n) is 17.7. The molecule has 10 rings (SSSR count). The van der Waals surface area contributed by atoms with Crippen molar-refractivity contribution < 1.29 is 171 Å². The maximum absolute atomic E-state index is 14.6. The van der Waals surface area contributed by atoms with Gasteiger partial charge in [0.15, 0.2) is 30.6 Å². The molecular formula is C79H127N7O35. The molecule has 42 nitrogen and oxygen atoms in total. The van der Waals surface area contributed by atoms with E-state index in [1.165, 1.54) is 0 Å². The summed E-state index contributed by atoms with van der Waals surface area (Å²) in [4.78, 5) is 120. The molecule has 0 bridgehead atoms. The van der Waals surface area contributed by atoms with Crippen LogP contribution in [0.5, 0.6) is 0 Å². The number of cyclic esters (lactones) is 1. The molecule has 121 heavy (non-hydrogen) atoms. The van der Waals surface area contributed by atoms with Crippen LogP contribution in [-0.2, 0) is 109 Å².